The standard InChI is InChI=1S/C11H14OS.C6H12/c12-7-5-10-6-8-13-11(10)9-3-1-2-4-9;1-2-4-6-5-3-1/h6-9H,1-5H2;1-6H2. The van der Waals surface area contributed by atoms with Crippen LogP contribution in [-0.2, 0) is 11.2 Å². The molecule has 2 aliphatic rings. The third kappa shape index (κ3) is 4.76. The lowest BCUT2D eigenvalue weighted by Gasteiger charge is -2.07. The highest BCUT2D eigenvalue weighted by Crippen LogP contribution is 2.38. The molecular formula is C17H26OS. The Hall–Kier alpha value is -0.630. The topological polar surface area (TPSA) is 17.1 Å². The van der Waals surface area contributed by atoms with Crippen LogP contribution in [0, 0.1) is 0 Å². The van der Waals surface area contributed by atoms with Crippen molar-refractivity contribution in [3.8, 4) is 0 Å². The molecule has 0 unspecified atom stereocenters. The van der Waals surface area contributed by atoms with Gasteiger partial charge in [0.2, 0.25) is 0 Å². The van der Waals surface area contributed by atoms with E-state index in [0.717, 1.165) is 12.2 Å². The van der Waals surface area contributed by atoms with E-state index in [1.807, 2.05) is 11.3 Å². The zero-order valence-electron chi connectivity index (χ0n) is 11.9. The van der Waals surface area contributed by atoms with Crippen molar-refractivity contribution >= 4 is 17.6 Å². The highest BCUT2D eigenvalue weighted by atomic mass is 32.1. The Morgan fingerprint density at radius 3 is 2.11 bits per heavy atom. The van der Waals surface area contributed by atoms with Crippen molar-refractivity contribution in [2.24, 2.45) is 0 Å². The number of hydrogen-bond donors (Lipinski definition) is 0. The van der Waals surface area contributed by atoms with Crippen molar-refractivity contribution in [2.75, 3.05) is 0 Å². The molecule has 1 aromatic rings. The minimum Gasteiger partial charge on any atom is -0.303 e. The highest BCUT2D eigenvalue weighted by Gasteiger charge is 2.20. The van der Waals surface area contributed by atoms with E-state index in [-0.39, 0.29) is 0 Å². The monoisotopic (exact) mass is 278 g/mol. The van der Waals surface area contributed by atoms with Crippen molar-refractivity contribution in [2.45, 2.75) is 76.5 Å². The summed E-state index contributed by atoms with van der Waals surface area (Å²) in [6.07, 6.45) is 16.0. The lowest BCUT2D eigenvalue weighted by atomic mass is 10.0. The van der Waals surface area contributed by atoms with Crippen LogP contribution in [0.25, 0.3) is 0 Å². The molecule has 19 heavy (non-hydrogen) atoms. The quantitative estimate of drug-likeness (QED) is 0.668. The molecule has 2 aliphatic carbocycles. The number of rotatable bonds is 3. The fraction of sp³-hybridized carbons (Fsp3) is 0.706. The lowest BCUT2D eigenvalue weighted by Crippen LogP contribution is -1.94. The molecule has 0 aromatic carbocycles. The largest absolute Gasteiger partial charge is 0.303 e. The maximum atomic E-state index is 10.4. The van der Waals surface area contributed by atoms with Crippen molar-refractivity contribution < 1.29 is 4.79 Å². The van der Waals surface area contributed by atoms with Gasteiger partial charge in [-0.1, -0.05) is 51.4 Å². The first-order chi connectivity index (χ1) is 9.42. The Kier molecular flexibility index (Phi) is 6.63. The first kappa shape index (κ1) is 14.8. The zero-order valence-corrected chi connectivity index (χ0v) is 12.7. The SMILES string of the molecule is C1CCCCC1.O=CCc1ccsc1C1CCCC1. The second kappa shape index (κ2) is 8.52. The van der Waals surface area contributed by atoms with E-state index in [2.05, 4.69) is 11.4 Å². The van der Waals surface area contributed by atoms with Crippen LogP contribution in [-0.4, -0.2) is 6.29 Å². The molecule has 1 aromatic heterocycles. The molecule has 106 valence electrons. The first-order valence-corrected chi connectivity index (χ1v) is 8.79. The van der Waals surface area contributed by atoms with Gasteiger partial charge in [-0.25, -0.2) is 0 Å². The van der Waals surface area contributed by atoms with E-state index < -0.39 is 0 Å². The maximum Gasteiger partial charge on any atom is 0.124 e. The van der Waals surface area contributed by atoms with E-state index in [4.69, 9.17) is 0 Å². The molecule has 3 rings (SSSR count). The summed E-state index contributed by atoms with van der Waals surface area (Å²) in [6.45, 7) is 0. The van der Waals surface area contributed by atoms with Crippen molar-refractivity contribution in [1.29, 1.82) is 0 Å². The molecule has 0 N–H and O–H groups in total. The Bertz CT molecular complexity index is 348. The summed E-state index contributed by atoms with van der Waals surface area (Å²) in [5, 5.41) is 2.12. The maximum absolute atomic E-state index is 10.4. The van der Waals surface area contributed by atoms with Gasteiger partial charge in [0, 0.05) is 11.3 Å². The first-order valence-electron chi connectivity index (χ1n) is 7.91. The molecule has 1 heterocycles. The van der Waals surface area contributed by atoms with Crippen LogP contribution in [0.15, 0.2) is 11.4 Å². The predicted octanol–water partition coefficient (Wildman–Crippen LogP) is 5.49. The van der Waals surface area contributed by atoms with E-state index >= 15 is 0 Å². The van der Waals surface area contributed by atoms with Crippen molar-refractivity contribution in [1.82, 2.24) is 0 Å². The number of thiophene rings is 1. The van der Waals surface area contributed by atoms with Gasteiger partial charge >= 0.3 is 0 Å². The van der Waals surface area contributed by atoms with E-state index in [0.29, 0.717) is 6.42 Å². The summed E-state index contributed by atoms with van der Waals surface area (Å²) in [5.74, 6) is 0.759. The fourth-order valence-corrected chi connectivity index (χ4v) is 4.32. The van der Waals surface area contributed by atoms with Gasteiger partial charge in [-0.2, -0.15) is 0 Å². The average molecular weight is 278 g/mol. The molecule has 2 heteroatoms. The molecule has 0 amide bonds. The van der Waals surface area contributed by atoms with Gasteiger partial charge in [-0.3, -0.25) is 0 Å². The third-order valence-corrected chi connectivity index (χ3v) is 5.43. The Labute approximate surface area is 121 Å². The zero-order chi connectivity index (χ0) is 13.3. The number of carbonyl (C=O) groups is 1. The van der Waals surface area contributed by atoms with Gasteiger partial charge in [0.1, 0.15) is 6.29 Å². The number of carbonyl (C=O) groups excluding carboxylic acids is 1. The smallest absolute Gasteiger partial charge is 0.124 e. The molecule has 2 fully saturated rings. The normalized spacial score (nSPS) is 19.8. The molecular weight excluding hydrogens is 252 g/mol. The van der Waals surface area contributed by atoms with Crippen LogP contribution in [0.5, 0.6) is 0 Å². The third-order valence-electron chi connectivity index (χ3n) is 4.31. The van der Waals surface area contributed by atoms with Gasteiger partial charge in [0.25, 0.3) is 0 Å². The number of aldehydes is 1. The summed E-state index contributed by atoms with van der Waals surface area (Å²) in [5.41, 5.74) is 1.27. The fourth-order valence-electron chi connectivity index (χ4n) is 3.21. The van der Waals surface area contributed by atoms with Crippen LogP contribution < -0.4 is 0 Å². The van der Waals surface area contributed by atoms with Crippen LogP contribution in [0.2, 0.25) is 0 Å². The van der Waals surface area contributed by atoms with Crippen LogP contribution in [0.1, 0.15) is 80.6 Å². The molecule has 0 spiro atoms. The number of hydrogen-bond acceptors (Lipinski definition) is 2. The van der Waals surface area contributed by atoms with Gasteiger partial charge in [-0.15, -0.1) is 11.3 Å². The van der Waals surface area contributed by atoms with Gasteiger partial charge in [-0.05, 0) is 35.8 Å². The van der Waals surface area contributed by atoms with E-state index in [1.54, 1.807) is 0 Å². The Morgan fingerprint density at radius 2 is 1.58 bits per heavy atom. The Morgan fingerprint density at radius 1 is 1.00 bits per heavy atom. The van der Waals surface area contributed by atoms with Gasteiger partial charge in [0.05, 0.1) is 0 Å². The minimum atomic E-state index is 0.606. The van der Waals surface area contributed by atoms with Crippen LogP contribution in [0.4, 0.5) is 0 Å². The Balaban J connectivity index is 0.000000186. The summed E-state index contributed by atoms with van der Waals surface area (Å²) in [6, 6.07) is 2.10. The van der Waals surface area contributed by atoms with Gasteiger partial charge in [0.15, 0.2) is 0 Å². The van der Waals surface area contributed by atoms with Crippen molar-refractivity contribution in [3.05, 3.63) is 21.9 Å². The molecule has 0 saturated heterocycles. The molecule has 0 atom stereocenters. The predicted molar refractivity (Wildman–Crippen MR) is 83.0 cm³/mol. The molecule has 1 nitrogen and oxygen atoms in total. The van der Waals surface area contributed by atoms with E-state index in [9.17, 15) is 4.79 Å². The summed E-state index contributed by atoms with van der Waals surface area (Å²) in [7, 11) is 0. The molecule has 2 saturated carbocycles. The molecule has 0 bridgehead atoms. The average Bonchev–Trinajstić information content (AvgIpc) is 3.12. The molecule has 0 aliphatic heterocycles. The lowest BCUT2D eigenvalue weighted by molar-refractivity contribution is -0.107. The minimum absolute atomic E-state index is 0.606. The van der Waals surface area contributed by atoms with Crippen LogP contribution >= 0.6 is 11.3 Å². The summed E-state index contributed by atoms with van der Waals surface area (Å²) < 4.78 is 0. The second-order valence-corrected chi connectivity index (χ2v) is 6.73. The molecule has 0 radical (unpaired) electrons. The van der Waals surface area contributed by atoms with Crippen LogP contribution in [0.3, 0.4) is 0 Å². The second-order valence-electron chi connectivity index (χ2n) is 5.78. The van der Waals surface area contributed by atoms with Gasteiger partial charge < -0.3 is 4.79 Å². The highest BCUT2D eigenvalue weighted by molar-refractivity contribution is 7.10. The summed E-state index contributed by atoms with van der Waals surface area (Å²) >= 11 is 1.83. The van der Waals surface area contributed by atoms with Crippen molar-refractivity contribution in [3.63, 3.8) is 0 Å². The van der Waals surface area contributed by atoms with E-state index in [1.165, 1.54) is 74.6 Å². The summed E-state index contributed by atoms with van der Waals surface area (Å²) in [4.78, 5) is 11.9.